The van der Waals surface area contributed by atoms with Crippen LogP contribution in [-0.4, -0.2) is 40.7 Å². The molecule has 6 nitrogen and oxygen atoms in total. The molecular formula is C20H17F4N3O3S. The Labute approximate surface area is 178 Å². The number of fused-ring (bicyclic) bond motifs is 1. The highest BCUT2D eigenvalue weighted by molar-refractivity contribution is 7.99. The fourth-order valence-corrected chi connectivity index (χ4v) is 3.52. The summed E-state index contributed by atoms with van der Waals surface area (Å²) in [5, 5.41) is 2.79. The van der Waals surface area contributed by atoms with Crippen LogP contribution in [0.25, 0.3) is 16.6 Å². The summed E-state index contributed by atoms with van der Waals surface area (Å²) in [6, 6.07) is 11.0. The molecule has 0 atom stereocenters. The number of halogens is 4. The molecule has 0 saturated carbocycles. The number of amides is 1. The number of thioether (sulfide) groups is 1. The van der Waals surface area contributed by atoms with Crippen LogP contribution in [0.3, 0.4) is 0 Å². The zero-order valence-electron chi connectivity index (χ0n) is 16.2. The van der Waals surface area contributed by atoms with Crippen LogP contribution in [0.1, 0.15) is 5.56 Å². The molecule has 0 unspecified atom stereocenters. The van der Waals surface area contributed by atoms with Gasteiger partial charge in [0.25, 0.3) is 5.56 Å². The standard InChI is InChI=1S/C20H17F4N3O3S/c1-12-6-7-13(10-15(12)21)27-17(28)14-4-2-3-5-16(14)26-18(27)31-9-8-25-19(29)30-11-20(22,23)24/h2-7,10H,8-9,11H2,1H3,(H,25,29). The molecule has 0 bridgehead atoms. The normalized spacial score (nSPS) is 11.5. The number of carbonyl (C=O) groups is 1. The van der Waals surface area contributed by atoms with E-state index in [2.05, 4.69) is 15.0 Å². The number of carbonyl (C=O) groups excluding carboxylic acids is 1. The molecule has 0 aliphatic rings. The molecule has 3 aromatic rings. The average Bonchev–Trinajstić information content (AvgIpc) is 2.71. The Morgan fingerprint density at radius 2 is 1.97 bits per heavy atom. The molecule has 1 amide bonds. The van der Waals surface area contributed by atoms with Crippen molar-refractivity contribution in [3.8, 4) is 5.69 Å². The van der Waals surface area contributed by atoms with E-state index in [-0.39, 0.29) is 23.1 Å². The lowest BCUT2D eigenvalue weighted by atomic mass is 10.2. The Kier molecular flexibility index (Phi) is 6.84. The van der Waals surface area contributed by atoms with Gasteiger partial charge in [-0.1, -0.05) is 30.0 Å². The van der Waals surface area contributed by atoms with Crippen LogP contribution in [0.4, 0.5) is 22.4 Å². The predicted molar refractivity (Wildman–Crippen MR) is 108 cm³/mol. The third kappa shape index (κ3) is 5.75. The second-order valence-electron chi connectivity index (χ2n) is 6.45. The molecule has 1 heterocycles. The smallest absolute Gasteiger partial charge is 0.422 e. The molecule has 0 aliphatic carbocycles. The van der Waals surface area contributed by atoms with E-state index in [9.17, 15) is 27.2 Å². The Morgan fingerprint density at radius 3 is 2.68 bits per heavy atom. The van der Waals surface area contributed by atoms with Crippen LogP contribution in [0.5, 0.6) is 0 Å². The molecule has 2 aromatic carbocycles. The van der Waals surface area contributed by atoms with E-state index in [1.165, 1.54) is 10.6 Å². The summed E-state index contributed by atoms with van der Waals surface area (Å²) in [6.07, 6.45) is -5.82. The highest BCUT2D eigenvalue weighted by atomic mass is 32.2. The van der Waals surface area contributed by atoms with Crippen molar-refractivity contribution in [2.75, 3.05) is 18.9 Å². The Bertz CT molecular complexity index is 1160. The number of benzene rings is 2. The fraction of sp³-hybridized carbons (Fsp3) is 0.250. The molecule has 0 aliphatic heterocycles. The van der Waals surface area contributed by atoms with E-state index < -0.39 is 30.3 Å². The lowest BCUT2D eigenvalue weighted by molar-refractivity contribution is -0.160. The van der Waals surface area contributed by atoms with Gasteiger partial charge >= 0.3 is 12.3 Å². The van der Waals surface area contributed by atoms with Gasteiger partial charge in [0.1, 0.15) is 5.82 Å². The molecule has 1 aromatic heterocycles. The van der Waals surface area contributed by atoms with E-state index in [1.54, 1.807) is 43.3 Å². The number of ether oxygens (including phenoxy) is 1. The third-order valence-electron chi connectivity index (χ3n) is 4.13. The van der Waals surface area contributed by atoms with Crippen molar-refractivity contribution in [1.29, 1.82) is 0 Å². The molecule has 1 N–H and O–H groups in total. The Hall–Kier alpha value is -3.08. The molecule has 0 saturated heterocycles. The van der Waals surface area contributed by atoms with Crippen molar-refractivity contribution in [2.45, 2.75) is 18.3 Å². The first kappa shape index (κ1) is 22.6. The first-order chi connectivity index (χ1) is 14.7. The number of para-hydroxylation sites is 1. The SMILES string of the molecule is Cc1ccc(-n2c(SCCNC(=O)OCC(F)(F)F)nc3ccccc3c2=O)cc1F. The van der Waals surface area contributed by atoms with Crippen LogP contribution in [0.15, 0.2) is 52.4 Å². The maximum atomic E-state index is 14.1. The summed E-state index contributed by atoms with van der Waals surface area (Å²) in [5.74, 6) is -0.303. The van der Waals surface area contributed by atoms with Gasteiger partial charge in [-0.05, 0) is 36.8 Å². The number of alkyl halides is 3. The zero-order valence-corrected chi connectivity index (χ0v) is 17.0. The van der Waals surface area contributed by atoms with Gasteiger partial charge in [-0.25, -0.2) is 14.2 Å². The highest BCUT2D eigenvalue weighted by Crippen LogP contribution is 2.22. The van der Waals surface area contributed by atoms with Crippen LogP contribution in [0.2, 0.25) is 0 Å². The van der Waals surface area contributed by atoms with Gasteiger partial charge in [-0.15, -0.1) is 0 Å². The van der Waals surface area contributed by atoms with E-state index in [1.807, 2.05) is 0 Å². The van der Waals surface area contributed by atoms with Gasteiger partial charge in [0.15, 0.2) is 11.8 Å². The monoisotopic (exact) mass is 455 g/mol. The van der Waals surface area contributed by atoms with E-state index in [4.69, 9.17) is 0 Å². The van der Waals surface area contributed by atoms with Gasteiger partial charge in [-0.3, -0.25) is 9.36 Å². The van der Waals surface area contributed by atoms with Crippen LogP contribution >= 0.6 is 11.8 Å². The predicted octanol–water partition coefficient (Wildman–Crippen LogP) is 4.21. The Balaban J connectivity index is 1.81. The molecule has 31 heavy (non-hydrogen) atoms. The topological polar surface area (TPSA) is 73.2 Å². The molecule has 11 heteroatoms. The third-order valence-corrected chi connectivity index (χ3v) is 5.07. The second-order valence-corrected chi connectivity index (χ2v) is 7.51. The molecule has 164 valence electrons. The first-order valence-electron chi connectivity index (χ1n) is 9.04. The number of aromatic nitrogens is 2. The number of rotatable bonds is 6. The minimum atomic E-state index is -4.61. The van der Waals surface area contributed by atoms with Gasteiger partial charge in [0.05, 0.1) is 16.6 Å². The maximum Gasteiger partial charge on any atom is 0.422 e. The fourth-order valence-electron chi connectivity index (χ4n) is 2.65. The van der Waals surface area contributed by atoms with Crippen molar-refractivity contribution >= 4 is 28.8 Å². The number of nitrogens with zero attached hydrogens (tertiary/aromatic N) is 2. The number of alkyl carbamates (subject to hydrolysis) is 1. The summed E-state index contributed by atoms with van der Waals surface area (Å²) >= 11 is 1.08. The number of hydrogen-bond acceptors (Lipinski definition) is 5. The van der Waals surface area contributed by atoms with Crippen molar-refractivity contribution in [1.82, 2.24) is 14.9 Å². The minimum absolute atomic E-state index is 0.0354. The summed E-state index contributed by atoms with van der Waals surface area (Å²) in [4.78, 5) is 28.9. The van der Waals surface area contributed by atoms with Crippen molar-refractivity contribution < 1.29 is 27.1 Å². The van der Waals surface area contributed by atoms with E-state index in [0.29, 0.717) is 16.5 Å². The maximum absolute atomic E-state index is 14.1. The lowest BCUT2D eigenvalue weighted by Crippen LogP contribution is -2.30. The van der Waals surface area contributed by atoms with Crippen molar-refractivity contribution in [3.05, 3.63) is 64.2 Å². The van der Waals surface area contributed by atoms with Gasteiger partial charge in [0.2, 0.25) is 0 Å². The molecule has 0 fully saturated rings. The molecule has 0 spiro atoms. The summed E-state index contributed by atoms with van der Waals surface area (Å²) in [5.41, 5.74) is 0.748. The largest absolute Gasteiger partial charge is 0.440 e. The summed E-state index contributed by atoms with van der Waals surface area (Å²) < 4.78 is 55.6. The molecular weight excluding hydrogens is 438 g/mol. The summed E-state index contributed by atoms with van der Waals surface area (Å²) in [6.45, 7) is -0.122. The minimum Gasteiger partial charge on any atom is -0.440 e. The second kappa shape index (κ2) is 9.38. The van der Waals surface area contributed by atoms with Gasteiger partial charge in [-0.2, -0.15) is 13.2 Å². The van der Waals surface area contributed by atoms with Gasteiger partial charge < -0.3 is 10.1 Å². The Morgan fingerprint density at radius 1 is 1.23 bits per heavy atom. The lowest BCUT2D eigenvalue weighted by Gasteiger charge is -2.14. The number of nitrogens with one attached hydrogen (secondary N) is 1. The average molecular weight is 455 g/mol. The zero-order chi connectivity index (χ0) is 22.6. The van der Waals surface area contributed by atoms with Crippen LogP contribution in [-0.2, 0) is 4.74 Å². The highest BCUT2D eigenvalue weighted by Gasteiger charge is 2.29. The summed E-state index contributed by atoms with van der Waals surface area (Å²) in [7, 11) is 0. The van der Waals surface area contributed by atoms with Crippen molar-refractivity contribution in [2.24, 2.45) is 0 Å². The molecule has 0 radical (unpaired) electrons. The van der Waals surface area contributed by atoms with Crippen LogP contribution < -0.4 is 10.9 Å². The van der Waals surface area contributed by atoms with E-state index in [0.717, 1.165) is 11.8 Å². The van der Waals surface area contributed by atoms with Gasteiger partial charge in [0, 0.05) is 12.3 Å². The number of aryl methyl sites for hydroxylation is 1. The van der Waals surface area contributed by atoms with Crippen LogP contribution in [0, 0.1) is 12.7 Å². The number of hydrogen-bond donors (Lipinski definition) is 1. The first-order valence-corrected chi connectivity index (χ1v) is 10.0. The quantitative estimate of drug-likeness (QED) is 0.261. The van der Waals surface area contributed by atoms with Crippen molar-refractivity contribution in [3.63, 3.8) is 0 Å². The molecule has 3 rings (SSSR count). The van der Waals surface area contributed by atoms with E-state index >= 15 is 0 Å².